The lowest BCUT2D eigenvalue weighted by Gasteiger charge is -2.23. The van der Waals surface area contributed by atoms with Crippen molar-refractivity contribution in [1.82, 2.24) is 9.97 Å². The van der Waals surface area contributed by atoms with Crippen LogP contribution in [0.25, 0.3) is 0 Å². The molecule has 18 heavy (non-hydrogen) atoms. The minimum atomic E-state index is 0.215. The first-order valence-corrected chi connectivity index (χ1v) is 6.06. The molecule has 94 valence electrons. The maximum atomic E-state index is 9.89. The minimum Gasteiger partial charge on any atom is -0.506 e. The van der Waals surface area contributed by atoms with Gasteiger partial charge in [0.25, 0.3) is 0 Å². The maximum absolute atomic E-state index is 9.89. The lowest BCUT2D eigenvalue weighted by Crippen LogP contribution is -2.18. The summed E-state index contributed by atoms with van der Waals surface area (Å²) >= 11 is 5.94. The van der Waals surface area contributed by atoms with Gasteiger partial charge in [0.05, 0.1) is 5.69 Å². The number of aromatic nitrogens is 2. The van der Waals surface area contributed by atoms with Crippen molar-refractivity contribution in [2.75, 3.05) is 11.4 Å². The SMILES string of the molecule is CCN(c1cc(Cl)nc(C)n1)c1ccccc1O. The average molecular weight is 264 g/mol. The first kappa shape index (κ1) is 12.6. The largest absolute Gasteiger partial charge is 0.506 e. The Kier molecular flexibility index (Phi) is 3.67. The van der Waals surface area contributed by atoms with E-state index in [1.165, 1.54) is 0 Å². The quantitative estimate of drug-likeness (QED) is 0.864. The molecule has 1 aromatic carbocycles. The van der Waals surface area contributed by atoms with Crippen molar-refractivity contribution in [3.63, 3.8) is 0 Å². The second kappa shape index (κ2) is 5.23. The van der Waals surface area contributed by atoms with Gasteiger partial charge in [0, 0.05) is 12.6 Å². The molecule has 0 spiro atoms. The van der Waals surface area contributed by atoms with E-state index in [0.717, 1.165) is 0 Å². The maximum Gasteiger partial charge on any atom is 0.139 e. The monoisotopic (exact) mass is 263 g/mol. The van der Waals surface area contributed by atoms with Gasteiger partial charge in [-0.2, -0.15) is 0 Å². The summed E-state index contributed by atoms with van der Waals surface area (Å²) in [7, 11) is 0. The van der Waals surface area contributed by atoms with Gasteiger partial charge < -0.3 is 10.0 Å². The third kappa shape index (κ3) is 2.54. The molecule has 0 amide bonds. The number of hydrogen-bond donors (Lipinski definition) is 1. The van der Waals surface area contributed by atoms with E-state index in [1.807, 2.05) is 24.0 Å². The first-order chi connectivity index (χ1) is 8.61. The highest BCUT2D eigenvalue weighted by Gasteiger charge is 2.13. The predicted octanol–water partition coefficient (Wildman–Crippen LogP) is 3.30. The summed E-state index contributed by atoms with van der Waals surface area (Å²) in [4.78, 5) is 10.3. The van der Waals surface area contributed by atoms with E-state index in [-0.39, 0.29) is 5.75 Å². The number of benzene rings is 1. The molecule has 2 aromatic rings. The Morgan fingerprint density at radius 2 is 2.00 bits per heavy atom. The van der Waals surface area contributed by atoms with Crippen molar-refractivity contribution in [2.45, 2.75) is 13.8 Å². The van der Waals surface area contributed by atoms with Crippen LogP contribution >= 0.6 is 11.6 Å². The highest BCUT2D eigenvalue weighted by atomic mass is 35.5. The summed E-state index contributed by atoms with van der Waals surface area (Å²) in [5.41, 5.74) is 0.703. The average Bonchev–Trinajstić information content (AvgIpc) is 2.31. The number of aryl methyl sites for hydroxylation is 1. The molecule has 1 N–H and O–H groups in total. The number of nitrogens with zero attached hydrogens (tertiary/aromatic N) is 3. The molecule has 4 nitrogen and oxygen atoms in total. The van der Waals surface area contributed by atoms with Crippen LogP contribution < -0.4 is 4.90 Å². The van der Waals surface area contributed by atoms with Gasteiger partial charge in [-0.1, -0.05) is 23.7 Å². The molecule has 0 atom stereocenters. The van der Waals surface area contributed by atoms with Gasteiger partial charge in [0.2, 0.25) is 0 Å². The van der Waals surface area contributed by atoms with E-state index >= 15 is 0 Å². The van der Waals surface area contributed by atoms with E-state index in [9.17, 15) is 5.11 Å². The predicted molar refractivity (Wildman–Crippen MR) is 72.6 cm³/mol. The standard InChI is InChI=1S/C13H14ClN3O/c1-3-17(10-6-4-5-7-11(10)18)13-8-12(14)15-9(2)16-13/h4-8,18H,3H2,1-2H3. The van der Waals surface area contributed by atoms with Gasteiger partial charge >= 0.3 is 0 Å². The van der Waals surface area contributed by atoms with Crippen LogP contribution in [0.2, 0.25) is 5.15 Å². The van der Waals surface area contributed by atoms with Crippen molar-refractivity contribution < 1.29 is 5.11 Å². The molecule has 5 heteroatoms. The van der Waals surface area contributed by atoms with Crippen LogP contribution in [-0.4, -0.2) is 21.6 Å². The number of hydrogen-bond acceptors (Lipinski definition) is 4. The Hall–Kier alpha value is -1.81. The Morgan fingerprint density at radius 1 is 1.28 bits per heavy atom. The summed E-state index contributed by atoms with van der Waals surface area (Å²) in [6.07, 6.45) is 0. The van der Waals surface area contributed by atoms with Crippen LogP contribution in [0.3, 0.4) is 0 Å². The van der Waals surface area contributed by atoms with E-state index in [0.29, 0.717) is 29.0 Å². The second-order valence-corrected chi connectivity index (χ2v) is 4.22. The van der Waals surface area contributed by atoms with Crippen molar-refractivity contribution in [3.8, 4) is 5.75 Å². The van der Waals surface area contributed by atoms with Crippen LogP contribution in [-0.2, 0) is 0 Å². The summed E-state index contributed by atoms with van der Waals surface area (Å²) in [5, 5.41) is 10.3. The molecule has 2 rings (SSSR count). The van der Waals surface area contributed by atoms with Gasteiger partial charge in [-0.15, -0.1) is 0 Å². The van der Waals surface area contributed by atoms with E-state index in [2.05, 4.69) is 9.97 Å². The number of phenolic OH excluding ortho intramolecular Hbond substituents is 1. The van der Waals surface area contributed by atoms with Gasteiger partial charge in [0.15, 0.2) is 0 Å². The van der Waals surface area contributed by atoms with Crippen molar-refractivity contribution in [2.24, 2.45) is 0 Å². The fourth-order valence-electron chi connectivity index (χ4n) is 1.80. The van der Waals surface area contributed by atoms with Gasteiger partial charge in [-0.25, -0.2) is 9.97 Å². The number of anilines is 2. The molecule has 1 heterocycles. The Labute approximate surface area is 111 Å². The van der Waals surface area contributed by atoms with Crippen LogP contribution in [0, 0.1) is 6.92 Å². The zero-order chi connectivity index (χ0) is 13.1. The van der Waals surface area contributed by atoms with Crippen LogP contribution in [0.15, 0.2) is 30.3 Å². The van der Waals surface area contributed by atoms with Gasteiger partial charge in [-0.05, 0) is 26.0 Å². The van der Waals surface area contributed by atoms with Crippen molar-refractivity contribution >= 4 is 23.1 Å². The van der Waals surface area contributed by atoms with Crippen LogP contribution in [0.1, 0.15) is 12.7 Å². The summed E-state index contributed by atoms with van der Waals surface area (Å²) in [6, 6.07) is 8.82. The number of rotatable bonds is 3. The third-order valence-electron chi connectivity index (χ3n) is 2.56. The van der Waals surface area contributed by atoms with Crippen molar-refractivity contribution in [1.29, 1.82) is 0 Å². The highest BCUT2D eigenvalue weighted by Crippen LogP contribution is 2.32. The van der Waals surface area contributed by atoms with E-state index in [4.69, 9.17) is 11.6 Å². The smallest absolute Gasteiger partial charge is 0.139 e. The zero-order valence-electron chi connectivity index (χ0n) is 10.3. The number of aromatic hydroxyl groups is 1. The van der Waals surface area contributed by atoms with Gasteiger partial charge in [0.1, 0.15) is 22.5 Å². The molecular formula is C13H14ClN3O. The molecule has 0 saturated heterocycles. The van der Waals surface area contributed by atoms with E-state index < -0.39 is 0 Å². The van der Waals surface area contributed by atoms with Crippen LogP contribution in [0.4, 0.5) is 11.5 Å². The fourth-order valence-corrected chi connectivity index (χ4v) is 2.02. The Bertz CT molecular complexity index is 539. The minimum absolute atomic E-state index is 0.215. The van der Waals surface area contributed by atoms with Gasteiger partial charge in [-0.3, -0.25) is 0 Å². The lowest BCUT2D eigenvalue weighted by atomic mass is 10.2. The van der Waals surface area contributed by atoms with E-state index in [1.54, 1.807) is 25.1 Å². The molecule has 0 saturated carbocycles. The van der Waals surface area contributed by atoms with Crippen molar-refractivity contribution in [3.05, 3.63) is 41.3 Å². The number of para-hydroxylation sites is 2. The molecule has 0 bridgehead atoms. The Balaban J connectivity index is 2.48. The molecule has 0 aliphatic heterocycles. The summed E-state index contributed by atoms with van der Waals surface area (Å²) in [5.74, 6) is 1.50. The molecule has 1 aromatic heterocycles. The molecule has 0 aliphatic rings. The normalized spacial score (nSPS) is 10.4. The topological polar surface area (TPSA) is 49.2 Å². The highest BCUT2D eigenvalue weighted by molar-refractivity contribution is 6.29. The Morgan fingerprint density at radius 3 is 2.61 bits per heavy atom. The first-order valence-electron chi connectivity index (χ1n) is 5.68. The van der Waals surface area contributed by atoms with Crippen LogP contribution in [0.5, 0.6) is 5.75 Å². The molecule has 0 fully saturated rings. The lowest BCUT2D eigenvalue weighted by molar-refractivity contribution is 0.475. The number of phenols is 1. The molecule has 0 aliphatic carbocycles. The summed E-state index contributed by atoms with van der Waals surface area (Å²) < 4.78 is 0. The molecule has 0 unspecified atom stereocenters. The number of halogens is 1. The summed E-state index contributed by atoms with van der Waals surface area (Å²) in [6.45, 7) is 4.44. The fraction of sp³-hybridized carbons (Fsp3) is 0.231. The second-order valence-electron chi connectivity index (χ2n) is 3.83. The zero-order valence-corrected chi connectivity index (χ0v) is 11.0. The third-order valence-corrected chi connectivity index (χ3v) is 2.75. The molecule has 0 radical (unpaired) electrons. The molecular weight excluding hydrogens is 250 g/mol.